The standard InChI is InChI=1S/C23H27NO2/c25-22-24(17-20-12-6-2-7-13-20)18-23(26-22,21-14-8-3-9-15-21)16-19-10-4-1-5-11-19/h2-3,6-9,12-15,19H,1,4-5,10-11,16-18H2. The van der Waals surface area contributed by atoms with E-state index in [0.717, 1.165) is 17.5 Å². The van der Waals surface area contributed by atoms with Crippen LogP contribution in [-0.4, -0.2) is 17.5 Å². The van der Waals surface area contributed by atoms with Gasteiger partial charge in [0.1, 0.15) is 0 Å². The summed E-state index contributed by atoms with van der Waals surface area (Å²) < 4.78 is 6.11. The van der Waals surface area contributed by atoms with Crippen LogP contribution in [0.5, 0.6) is 0 Å². The fourth-order valence-electron chi connectivity index (χ4n) is 4.53. The smallest absolute Gasteiger partial charge is 0.411 e. The number of hydrogen-bond donors (Lipinski definition) is 0. The van der Waals surface area contributed by atoms with E-state index in [1.165, 1.54) is 32.1 Å². The largest absolute Gasteiger partial charge is 0.436 e. The van der Waals surface area contributed by atoms with Crippen molar-refractivity contribution >= 4 is 6.09 Å². The van der Waals surface area contributed by atoms with Crippen molar-refractivity contribution in [1.82, 2.24) is 4.90 Å². The predicted octanol–water partition coefficient (Wildman–Crippen LogP) is 5.50. The van der Waals surface area contributed by atoms with Gasteiger partial charge in [0, 0.05) is 6.54 Å². The molecule has 4 rings (SSSR count). The number of amides is 1. The molecule has 2 aliphatic rings. The Hall–Kier alpha value is -2.29. The van der Waals surface area contributed by atoms with Gasteiger partial charge in [-0.3, -0.25) is 4.90 Å². The van der Waals surface area contributed by atoms with Crippen molar-refractivity contribution in [2.24, 2.45) is 5.92 Å². The molecule has 3 nitrogen and oxygen atoms in total. The topological polar surface area (TPSA) is 29.5 Å². The molecular formula is C23H27NO2. The SMILES string of the molecule is O=C1OC(CC2CCCCC2)(c2ccccc2)CN1Cc1ccccc1. The van der Waals surface area contributed by atoms with Gasteiger partial charge in [-0.2, -0.15) is 0 Å². The molecule has 2 fully saturated rings. The highest BCUT2D eigenvalue weighted by Crippen LogP contribution is 2.42. The van der Waals surface area contributed by atoms with Gasteiger partial charge in [-0.15, -0.1) is 0 Å². The molecule has 1 atom stereocenters. The zero-order valence-corrected chi connectivity index (χ0v) is 15.3. The Kier molecular flexibility index (Phi) is 4.96. The summed E-state index contributed by atoms with van der Waals surface area (Å²) in [6, 6.07) is 20.5. The van der Waals surface area contributed by atoms with Crippen LogP contribution in [0.3, 0.4) is 0 Å². The van der Waals surface area contributed by atoms with E-state index >= 15 is 0 Å². The monoisotopic (exact) mass is 349 g/mol. The van der Waals surface area contributed by atoms with E-state index in [2.05, 4.69) is 24.3 Å². The Balaban J connectivity index is 1.58. The third kappa shape index (κ3) is 3.62. The Morgan fingerprint density at radius 3 is 2.27 bits per heavy atom. The normalized spacial score (nSPS) is 23.8. The second-order valence-electron chi connectivity index (χ2n) is 7.78. The molecule has 0 N–H and O–H groups in total. The summed E-state index contributed by atoms with van der Waals surface area (Å²) in [5, 5.41) is 0. The van der Waals surface area contributed by atoms with Gasteiger partial charge in [0.05, 0.1) is 6.54 Å². The van der Waals surface area contributed by atoms with Crippen molar-refractivity contribution in [3.8, 4) is 0 Å². The Bertz CT molecular complexity index is 724. The van der Waals surface area contributed by atoms with Gasteiger partial charge in [-0.1, -0.05) is 92.8 Å². The number of nitrogens with zero attached hydrogens (tertiary/aromatic N) is 1. The third-order valence-electron chi connectivity index (χ3n) is 5.85. The molecule has 1 unspecified atom stereocenters. The average molecular weight is 349 g/mol. The summed E-state index contributed by atoms with van der Waals surface area (Å²) in [4.78, 5) is 14.6. The zero-order chi connectivity index (χ0) is 17.8. The second kappa shape index (κ2) is 7.53. The van der Waals surface area contributed by atoms with Crippen molar-refractivity contribution in [2.75, 3.05) is 6.54 Å². The van der Waals surface area contributed by atoms with Crippen molar-refractivity contribution in [3.63, 3.8) is 0 Å². The van der Waals surface area contributed by atoms with Crippen LogP contribution in [0.4, 0.5) is 4.79 Å². The maximum atomic E-state index is 12.7. The molecule has 2 aromatic carbocycles. The van der Waals surface area contributed by atoms with E-state index in [4.69, 9.17) is 4.74 Å². The number of benzene rings is 2. The molecule has 136 valence electrons. The van der Waals surface area contributed by atoms with Crippen molar-refractivity contribution in [3.05, 3.63) is 71.8 Å². The van der Waals surface area contributed by atoms with Gasteiger partial charge in [0.25, 0.3) is 0 Å². The zero-order valence-electron chi connectivity index (χ0n) is 15.3. The van der Waals surface area contributed by atoms with Crippen LogP contribution in [-0.2, 0) is 16.9 Å². The lowest BCUT2D eigenvalue weighted by atomic mass is 9.78. The predicted molar refractivity (Wildman–Crippen MR) is 103 cm³/mol. The van der Waals surface area contributed by atoms with Crippen LogP contribution in [0.15, 0.2) is 60.7 Å². The molecule has 1 aliphatic carbocycles. The van der Waals surface area contributed by atoms with Gasteiger partial charge in [0.15, 0.2) is 5.60 Å². The molecule has 0 spiro atoms. The van der Waals surface area contributed by atoms with Crippen LogP contribution >= 0.6 is 0 Å². The van der Waals surface area contributed by atoms with Crippen LogP contribution in [0.25, 0.3) is 0 Å². The van der Waals surface area contributed by atoms with Gasteiger partial charge < -0.3 is 4.74 Å². The average Bonchev–Trinajstić information content (AvgIpc) is 3.00. The molecule has 0 aromatic heterocycles. The van der Waals surface area contributed by atoms with E-state index in [-0.39, 0.29) is 6.09 Å². The van der Waals surface area contributed by atoms with E-state index < -0.39 is 5.60 Å². The first-order chi connectivity index (χ1) is 12.8. The Labute approximate surface area is 156 Å². The van der Waals surface area contributed by atoms with Crippen molar-refractivity contribution in [2.45, 2.75) is 50.7 Å². The molecule has 26 heavy (non-hydrogen) atoms. The minimum absolute atomic E-state index is 0.187. The number of carbonyl (C=O) groups is 1. The maximum absolute atomic E-state index is 12.7. The first kappa shape index (κ1) is 17.1. The molecule has 1 amide bonds. The summed E-state index contributed by atoms with van der Waals surface area (Å²) in [6.07, 6.45) is 7.21. The van der Waals surface area contributed by atoms with Crippen LogP contribution in [0.1, 0.15) is 49.7 Å². The molecular weight excluding hydrogens is 322 g/mol. The van der Waals surface area contributed by atoms with E-state index in [9.17, 15) is 4.79 Å². The maximum Gasteiger partial charge on any atom is 0.411 e. The van der Waals surface area contributed by atoms with Gasteiger partial charge >= 0.3 is 6.09 Å². The highest BCUT2D eigenvalue weighted by molar-refractivity contribution is 5.71. The Morgan fingerprint density at radius 1 is 0.923 bits per heavy atom. The van der Waals surface area contributed by atoms with Crippen LogP contribution in [0.2, 0.25) is 0 Å². The summed E-state index contributed by atoms with van der Waals surface area (Å²) in [5.74, 6) is 0.647. The fraction of sp³-hybridized carbons (Fsp3) is 0.435. The molecule has 1 aliphatic heterocycles. The summed E-state index contributed by atoms with van der Waals surface area (Å²) in [7, 11) is 0. The van der Waals surface area contributed by atoms with Crippen LogP contribution in [0, 0.1) is 5.92 Å². The number of carbonyl (C=O) groups excluding carboxylic acids is 1. The minimum Gasteiger partial charge on any atom is -0.436 e. The highest BCUT2D eigenvalue weighted by Gasteiger charge is 2.47. The first-order valence-electron chi connectivity index (χ1n) is 9.83. The highest BCUT2D eigenvalue weighted by atomic mass is 16.6. The molecule has 1 saturated carbocycles. The lowest BCUT2D eigenvalue weighted by molar-refractivity contribution is 0.0271. The second-order valence-corrected chi connectivity index (χ2v) is 7.78. The van der Waals surface area contributed by atoms with Gasteiger partial charge in [-0.25, -0.2) is 4.79 Å². The molecule has 2 aromatic rings. The molecule has 1 saturated heterocycles. The van der Waals surface area contributed by atoms with Crippen molar-refractivity contribution in [1.29, 1.82) is 0 Å². The molecule has 0 bridgehead atoms. The number of ether oxygens (including phenoxy) is 1. The van der Waals surface area contributed by atoms with Crippen molar-refractivity contribution < 1.29 is 9.53 Å². The fourth-order valence-corrected chi connectivity index (χ4v) is 4.53. The lowest BCUT2D eigenvalue weighted by Gasteiger charge is -2.33. The van der Waals surface area contributed by atoms with Crippen LogP contribution < -0.4 is 0 Å². The molecule has 3 heteroatoms. The number of rotatable bonds is 5. The first-order valence-corrected chi connectivity index (χ1v) is 9.83. The van der Waals surface area contributed by atoms with E-state index in [1.54, 1.807) is 0 Å². The van der Waals surface area contributed by atoms with E-state index in [1.807, 2.05) is 41.3 Å². The third-order valence-corrected chi connectivity index (χ3v) is 5.85. The molecule has 0 radical (unpaired) electrons. The minimum atomic E-state index is -0.505. The summed E-state index contributed by atoms with van der Waals surface area (Å²) in [5.41, 5.74) is 1.77. The molecule has 1 heterocycles. The summed E-state index contributed by atoms with van der Waals surface area (Å²) >= 11 is 0. The number of hydrogen-bond acceptors (Lipinski definition) is 2. The van der Waals surface area contributed by atoms with Gasteiger partial charge in [0.2, 0.25) is 0 Å². The van der Waals surface area contributed by atoms with Gasteiger partial charge in [-0.05, 0) is 23.5 Å². The lowest BCUT2D eigenvalue weighted by Crippen LogP contribution is -2.34. The quantitative estimate of drug-likeness (QED) is 0.713. The van der Waals surface area contributed by atoms with E-state index in [0.29, 0.717) is 19.0 Å². The Morgan fingerprint density at radius 2 is 1.58 bits per heavy atom. The summed E-state index contributed by atoms with van der Waals surface area (Å²) in [6.45, 7) is 1.25. The number of cyclic esters (lactones) is 1.